The van der Waals surface area contributed by atoms with Crippen molar-refractivity contribution in [2.75, 3.05) is 37.0 Å². The highest BCUT2D eigenvalue weighted by Gasteiger charge is 2.41. The first kappa shape index (κ1) is 38.1. The number of amides is 2. The zero-order valence-electron chi connectivity index (χ0n) is 31.5. The van der Waals surface area contributed by atoms with Crippen molar-refractivity contribution >= 4 is 43.4 Å². The summed E-state index contributed by atoms with van der Waals surface area (Å²) in [5.74, 6) is 0.0913. The van der Waals surface area contributed by atoms with Crippen LogP contribution in [0.25, 0.3) is 5.57 Å². The number of ether oxygens (including phenoxy) is 3. The molecule has 2 aliphatic heterocycles. The van der Waals surface area contributed by atoms with Crippen LogP contribution in [0, 0.1) is 12.7 Å². The van der Waals surface area contributed by atoms with Gasteiger partial charge in [-0.15, -0.1) is 0 Å². The van der Waals surface area contributed by atoms with Crippen LogP contribution >= 0.6 is 0 Å². The lowest BCUT2D eigenvalue weighted by Crippen LogP contribution is -2.48. The molecule has 270 valence electrons. The number of anilines is 3. The number of halogens is 1. The van der Waals surface area contributed by atoms with Crippen LogP contribution in [-0.2, 0) is 20.3 Å². The molecule has 0 saturated heterocycles. The van der Waals surface area contributed by atoms with Crippen LogP contribution < -0.4 is 15.0 Å². The fourth-order valence-electron chi connectivity index (χ4n) is 5.29. The Balaban J connectivity index is 1.74. The molecule has 0 unspecified atom stereocenters. The quantitative estimate of drug-likeness (QED) is 0.297. The largest absolute Gasteiger partial charge is 0.491 e. The van der Waals surface area contributed by atoms with E-state index in [4.69, 9.17) is 18.6 Å². The van der Waals surface area contributed by atoms with Gasteiger partial charge in [-0.1, -0.05) is 26.8 Å². The Morgan fingerprint density at radius 1 is 1.04 bits per heavy atom. The summed E-state index contributed by atoms with van der Waals surface area (Å²) in [4.78, 5) is 38.3. The molecule has 11 nitrogen and oxygen atoms in total. The van der Waals surface area contributed by atoms with Crippen LogP contribution in [0.15, 0.2) is 18.2 Å². The standard InChI is InChI=1S/C36H54FN5O6Si/c1-22-18-24(41(11)32(43)46-34(2,3)4)20-27(38-22)40-31-29(37)28(30-26(39-31)15-17-45-30)23-14-16-42(33(44)47-35(5,6)7)21-25(19-23)48-49(12,13)36(8,9)10/h14,18,20,25H,15-17,19,21H2,1-13H3,(H,38,39,40)/t25-/m1/s1. The Morgan fingerprint density at radius 3 is 2.31 bits per heavy atom. The van der Waals surface area contributed by atoms with Crippen LogP contribution in [0.5, 0.6) is 5.75 Å². The van der Waals surface area contributed by atoms with Gasteiger partial charge in [-0.25, -0.2) is 23.9 Å². The molecular formula is C36H54FN5O6Si. The molecule has 4 rings (SSSR count). The fourth-order valence-corrected chi connectivity index (χ4v) is 6.64. The van der Waals surface area contributed by atoms with Crippen molar-refractivity contribution in [3.05, 3.63) is 41.0 Å². The summed E-state index contributed by atoms with van der Waals surface area (Å²) in [6, 6.07) is 3.39. The Morgan fingerprint density at radius 2 is 1.69 bits per heavy atom. The van der Waals surface area contributed by atoms with Gasteiger partial charge in [0.25, 0.3) is 0 Å². The number of aryl methyl sites for hydroxylation is 1. The van der Waals surface area contributed by atoms with Crippen LogP contribution in [0.4, 0.5) is 31.3 Å². The van der Waals surface area contributed by atoms with Crippen molar-refractivity contribution in [3.8, 4) is 5.75 Å². The molecule has 0 radical (unpaired) electrons. The minimum atomic E-state index is -2.29. The number of carbonyl (C=O) groups excluding carboxylic acids is 2. The maximum Gasteiger partial charge on any atom is 0.414 e. The number of nitrogens with one attached hydrogen (secondary N) is 1. The van der Waals surface area contributed by atoms with Crippen LogP contribution in [0.2, 0.25) is 18.1 Å². The minimum absolute atomic E-state index is 0.0146. The van der Waals surface area contributed by atoms with E-state index in [0.29, 0.717) is 65.8 Å². The van der Waals surface area contributed by atoms with Crippen molar-refractivity contribution in [1.29, 1.82) is 0 Å². The SMILES string of the molecule is Cc1cc(N(C)C(=O)OC(C)(C)C)cc(Nc2nc3c(c(C4=CCN(C(=O)OC(C)(C)C)C[C@H](O[Si](C)(C)C(C)(C)C)C4)c2F)OCC3)n1. The lowest BCUT2D eigenvalue weighted by atomic mass is 9.98. The molecule has 0 aliphatic carbocycles. The third-order valence-electron chi connectivity index (χ3n) is 8.66. The predicted octanol–water partition coefficient (Wildman–Crippen LogP) is 8.39. The Labute approximate surface area is 291 Å². The second-order valence-electron chi connectivity index (χ2n) is 16.4. The zero-order chi connectivity index (χ0) is 36.7. The lowest BCUT2D eigenvalue weighted by molar-refractivity contribution is 0.0195. The topological polar surface area (TPSA) is 115 Å². The summed E-state index contributed by atoms with van der Waals surface area (Å²) < 4.78 is 41.0. The van der Waals surface area contributed by atoms with Crippen molar-refractivity contribution in [3.63, 3.8) is 0 Å². The second kappa shape index (κ2) is 13.9. The van der Waals surface area contributed by atoms with Gasteiger partial charge in [0, 0.05) is 38.3 Å². The number of hydrogen-bond acceptors (Lipinski definition) is 9. The van der Waals surface area contributed by atoms with Crippen LogP contribution in [-0.4, -0.2) is 79.4 Å². The van der Waals surface area contributed by atoms with Crippen molar-refractivity contribution in [1.82, 2.24) is 14.9 Å². The van der Waals surface area contributed by atoms with Crippen molar-refractivity contribution in [2.45, 2.75) is 118 Å². The predicted molar refractivity (Wildman–Crippen MR) is 193 cm³/mol. The molecule has 2 aromatic heterocycles. The molecule has 2 amide bonds. The first-order chi connectivity index (χ1) is 22.4. The van der Waals surface area contributed by atoms with E-state index in [2.05, 4.69) is 49.1 Å². The molecule has 13 heteroatoms. The fraction of sp³-hybridized carbons (Fsp3) is 0.611. The molecule has 4 heterocycles. The van der Waals surface area contributed by atoms with Gasteiger partial charge in [-0.3, -0.25) is 4.90 Å². The van der Waals surface area contributed by atoms with E-state index >= 15 is 4.39 Å². The van der Waals surface area contributed by atoms with E-state index in [-0.39, 0.29) is 17.4 Å². The first-order valence-electron chi connectivity index (χ1n) is 16.9. The number of pyridine rings is 2. The van der Waals surface area contributed by atoms with Gasteiger partial charge in [0.1, 0.15) is 17.0 Å². The van der Waals surface area contributed by atoms with Crippen LogP contribution in [0.1, 0.15) is 85.7 Å². The number of fused-ring (bicyclic) bond motifs is 1. The molecule has 0 aromatic carbocycles. The number of carbonyl (C=O) groups is 2. The van der Waals surface area contributed by atoms with Gasteiger partial charge < -0.3 is 28.9 Å². The summed E-state index contributed by atoms with van der Waals surface area (Å²) in [5.41, 5.74) is 1.36. The van der Waals surface area contributed by atoms with E-state index in [0.717, 1.165) is 0 Å². The number of nitrogens with zero attached hydrogens (tertiary/aromatic N) is 4. The number of hydrogen-bond donors (Lipinski definition) is 1. The van der Waals surface area contributed by atoms with E-state index in [1.54, 1.807) is 51.8 Å². The van der Waals surface area contributed by atoms with E-state index in [1.165, 1.54) is 4.90 Å². The molecule has 0 spiro atoms. The van der Waals surface area contributed by atoms with Gasteiger partial charge in [-0.05, 0) is 84.7 Å². The van der Waals surface area contributed by atoms with E-state index in [9.17, 15) is 9.59 Å². The summed E-state index contributed by atoms with van der Waals surface area (Å²) in [7, 11) is -0.686. The maximum absolute atomic E-state index is 16.8. The van der Waals surface area contributed by atoms with E-state index in [1.807, 2.05) is 26.8 Å². The average Bonchev–Trinajstić information content (AvgIpc) is 3.29. The normalized spacial score (nSPS) is 17.1. The highest BCUT2D eigenvalue weighted by atomic mass is 28.4. The summed E-state index contributed by atoms with van der Waals surface area (Å²) in [5, 5.41) is 2.99. The van der Waals surface area contributed by atoms with Gasteiger partial charge in [0.15, 0.2) is 25.7 Å². The molecule has 0 bridgehead atoms. The van der Waals surface area contributed by atoms with E-state index < -0.39 is 43.6 Å². The Hall–Kier alpha value is -3.71. The third-order valence-corrected chi connectivity index (χ3v) is 13.2. The summed E-state index contributed by atoms with van der Waals surface area (Å²) >= 11 is 0. The van der Waals surface area contributed by atoms with Crippen LogP contribution in [0.3, 0.4) is 0 Å². The van der Waals surface area contributed by atoms with Gasteiger partial charge in [0.05, 0.1) is 29.7 Å². The number of rotatable bonds is 6. The molecule has 1 N–H and O–H groups in total. The number of aromatic nitrogens is 2. The van der Waals surface area contributed by atoms with Crippen molar-refractivity contribution < 1.29 is 32.6 Å². The smallest absolute Gasteiger partial charge is 0.414 e. The second-order valence-corrected chi connectivity index (χ2v) is 21.1. The highest BCUT2D eigenvalue weighted by molar-refractivity contribution is 6.74. The third kappa shape index (κ3) is 9.50. The monoisotopic (exact) mass is 699 g/mol. The maximum atomic E-state index is 16.8. The first-order valence-corrected chi connectivity index (χ1v) is 19.8. The Kier molecular flexibility index (Phi) is 10.8. The summed E-state index contributed by atoms with van der Waals surface area (Å²) in [6.45, 7) is 24.4. The minimum Gasteiger partial charge on any atom is -0.491 e. The average molecular weight is 700 g/mol. The van der Waals surface area contributed by atoms with Gasteiger partial charge >= 0.3 is 12.2 Å². The molecular weight excluding hydrogens is 646 g/mol. The molecule has 49 heavy (non-hydrogen) atoms. The molecule has 0 fully saturated rings. The van der Waals surface area contributed by atoms with Gasteiger partial charge in [-0.2, -0.15) is 0 Å². The Bertz CT molecular complexity index is 1610. The van der Waals surface area contributed by atoms with Gasteiger partial charge in [0.2, 0.25) is 0 Å². The van der Waals surface area contributed by atoms with Crippen molar-refractivity contribution in [2.24, 2.45) is 0 Å². The molecule has 1 atom stereocenters. The summed E-state index contributed by atoms with van der Waals surface area (Å²) in [6.07, 6.45) is 1.34. The highest BCUT2D eigenvalue weighted by Crippen LogP contribution is 2.43. The molecule has 0 saturated carbocycles. The molecule has 2 aliphatic rings. The zero-order valence-corrected chi connectivity index (χ0v) is 32.5. The molecule has 2 aromatic rings. The lowest BCUT2D eigenvalue weighted by Gasteiger charge is -2.40.